The first kappa shape index (κ1) is 16.3. The summed E-state index contributed by atoms with van der Waals surface area (Å²) in [6.45, 7) is 0.584. The summed E-state index contributed by atoms with van der Waals surface area (Å²) in [5.41, 5.74) is 11.5. The van der Waals surface area contributed by atoms with Crippen LogP contribution in [0.15, 0.2) is 42.7 Å². The highest BCUT2D eigenvalue weighted by Gasteiger charge is 2.37. The first-order valence-corrected chi connectivity index (χ1v) is 8.81. The van der Waals surface area contributed by atoms with E-state index in [9.17, 15) is 4.79 Å². The molecule has 132 valence electrons. The lowest BCUT2D eigenvalue weighted by atomic mass is 9.82. The van der Waals surface area contributed by atoms with E-state index in [-0.39, 0.29) is 11.8 Å². The van der Waals surface area contributed by atoms with Crippen molar-refractivity contribution in [2.45, 2.75) is 37.9 Å². The molecule has 1 aliphatic heterocycles. The third kappa shape index (κ3) is 3.44. The van der Waals surface area contributed by atoms with Crippen LogP contribution in [0.25, 0.3) is 5.69 Å². The number of benzene rings is 1. The van der Waals surface area contributed by atoms with E-state index in [1.54, 1.807) is 0 Å². The molecule has 4 rings (SSSR count). The molecule has 1 saturated carbocycles. The van der Waals surface area contributed by atoms with Crippen LogP contribution in [-0.2, 0) is 11.3 Å². The minimum atomic E-state index is 0.0876. The van der Waals surface area contributed by atoms with Crippen molar-refractivity contribution in [1.29, 1.82) is 0 Å². The Morgan fingerprint density at radius 2 is 2.04 bits per heavy atom. The van der Waals surface area contributed by atoms with E-state index in [2.05, 4.69) is 21.5 Å². The Labute approximate surface area is 147 Å². The molecule has 1 aromatic heterocycles. The Morgan fingerprint density at radius 3 is 2.88 bits per heavy atom. The number of aromatic nitrogens is 2. The van der Waals surface area contributed by atoms with Crippen LogP contribution >= 0.6 is 0 Å². The second-order valence-corrected chi connectivity index (χ2v) is 6.96. The van der Waals surface area contributed by atoms with Crippen LogP contribution in [0.3, 0.4) is 0 Å². The summed E-state index contributed by atoms with van der Waals surface area (Å²) in [4.78, 5) is 14.6. The molecule has 1 saturated heterocycles. The normalized spacial score (nSPS) is 25.6. The Bertz CT molecular complexity index is 730. The van der Waals surface area contributed by atoms with Crippen LogP contribution in [0.2, 0.25) is 0 Å². The second kappa shape index (κ2) is 6.95. The standard InChI is InChI=1S/C18H24N6O/c1-23(18(25)14-7-8-16-17(9-14)21-22-20-16)11-13-10-19-24(12-13)15-5-3-2-4-6-15/h2-6,10,12,14,16-17,20-22H,7-9,11H2,1H3. The van der Waals surface area contributed by atoms with Crippen LogP contribution in [0.5, 0.6) is 0 Å². The molecule has 1 aliphatic carbocycles. The topological polar surface area (TPSA) is 74.2 Å². The minimum absolute atomic E-state index is 0.0876. The largest absolute Gasteiger partial charge is 0.341 e. The van der Waals surface area contributed by atoms with Gasteiger partial charge >= 0.3 is 0 Å². The molecule has 1 aromatic carbocycles. The maximum atomic E-state index is 12.8. The summed E-state index contributed by atoms with van der Waals surface area (Å²) in [7, 11) is 1.88. The molecule has 2 aliphatic rings. The molecule has 1 amide bonds. The lowest BCUT2D eigenvalue weighted by Crippen LogP contribution is -2.44. The SMILES string of the molecule is CN(Cc1cnn(-c2ccccc2)c1)C(=O)C1CCC2NNNC2C1. The van der Waals surface area contributed by atoms with Crippen LogP contribution in [0, 0.1) is 5.92 Å². The number of para-hydroxylation sites is 1. The average molecular weight is 340 g/mol. The number of nitrogens with one attached hydrogen (secondary N) is 3. The summed E-state index contributed by atoms with van der Waals surface area (Å²) in [5.74, 6) is 0.309. The molecule has 7 heteroatoms. The first-order valence-electron chi connectivity index (χ1n) is 8.81. The Kier molecular flexibility index (Phi) is 4.52. The third-order valence-electron chi connectivity index (χ3n) is 5.17. The maximum Gasteiger partial charge on any atom is 0.225 e. The number of nitrogens with zero attached hydrogens (tertiary/aromatic N) is 3. The third-order valence-corrected chi connectivity index (χ3v) is 5.17. The molecule has 0 bridgehead atoms. The highest BCUT2D eigenvalue weighted by molar-refractivity contribution is 5.78. The predicted molar refractivity (Wildman–Crippen MR) is 94.4 cm³/mol. The average Bonchev–Trinajstić information content (AvgIpc) is 3.30. The van der Waals surface area contributed by atoms with E-state index in [1.165, 1.54) is 0 Å². The minimum Gasteiger partial charge on any atom is -0.341 e. The molecular weight excluding hydrogens is 316 g/mol. The van der Waals surface area contributed by atoms with Gasteiger partial charge in [-0.15, -0.1) is 0 Å². The van der Waals surface area contributed by atoms with Gasteiger partial charge in [0.05, 0.1) is 11.9 Å². The van der Waals surface area contributed by atoms with Crippen molar-refractivity contribution in [3.05, 3.63) is 48.3 Å². The van der Waals surface area contributed by atoms with Gasteiger partial charge in [0.1, 0.15) is 0 Å². The zero-order valence-electron chi connectivity index (χ0n) is 14.4. The van der Waals surface area contributed by atoms with Crippen molar-refractivity contribution >= 4 is 5.91 Å². The van der Waals surface area contributed by atoms with Crippen LogP contribution in [0.4, 0.5) is 0 Å². The Morgan fingerprint density at radius 1 is 1.24 bits per heavy atom. The first-order chi connectivity index (χ1) is 12.2. The van der Waals surface area contributed by atoms with Crippen molar-refractivity contribution in [2.75, 3.05) is 7.05 Å². The van der Waals surface area contributed by atoms with Crippen molar-refractivity contribution in [3.63, 3.8) is 0 Å². The quantitative estimate of drug-likeness (QED) is 0.774. The number of hydrazine groups is 2. The van der Waals surface area contributed by atoms with Gasteiger partial charge in [0.25, 0.3) is 0 Å². The van der Waals surface area contributed by atoms with Gasteiger partial charge in [-0.05, 0) is 31.4 Å². The summed E-state index contributed by atoms with van der Waals surface area (Å²) in [5, 5.41) is 4.41. The van der Waals surface area contributed by atoms with E-state index in [0.29, 0.717) is 18.6 Å². The van der Waals surface area contributed by atoms with Gasteiger partial charge in [-0.1, -0.05) is 18.2 Å². The molecule has 3 unspecified atom stereocenters. The number of fused-ring (bicyclic) bond motifs is 1. The predicted octanol–water partition coefficient (Wildman–Crippen LogP) is 0.980. The summed E-state index contributed by atoms with van der Waals surface area (Å²) in [6.07, 6.45) is 6.64. The second-order valence-electron chi connectivity index (χ2n) is 6.96. The Balaban J connectivity index is 1.37. The van der Waals surface area contributed by atoms with E-state index >= 15 is 0 Å². The van der Waals surface area contributed by atoms with Crippen LogP contribution in [0.1, 0.15) is 24.8 Å². The number of hydrogen-bond acceptors (Lipinski definition) is 5. The molecule has 7 nitrogen and oxygen atoms in total. The molecule has 3 atom stereocenters. The molecule has 2 fully saturated rings. The number of hydrogen-bond donors (Lipinski definition) is 3. The van der Waals surface area contributed by atoms with Gasteiger partial charge < -0.3 is 4.90 Å². The molecule has 25 heavy (non-hydrogen) atoms. The highest BCUT2D eigenvalue weighted by Crippen LogP contribution is 2.27. The summed E-state index contributed by atoms with van der Waals surface area (Å²) >= 11 is 0. The van der Waals surface area contributed by atoms with Crippen molar-refractivity contribution in [1.82, 2.24) is 31.1 Å². The fraction of sp³-hybridized carbons (Fsp3) is 0.444. The van der Waals surface area contributed by atoms with Gasteiger partial charge in [-0.2, -0.15) is 10.6 Å². The lowest BCUT2D eigenvalue weighted by Gasteiger charge is -2.31. The molecule has 2 aromatic rings. The van der Waals surface area contributed by atoms with Crippen LogP contribution in [-0.4, -0.2) is 39.7 Å². The van der Waals surface area contributed by atoms with Crippen LogP contribution < -0.4 is 16.4 Å². The smallest absolute Gasteiger partial charge is 0.225 e. The van der Waals surface area contributed by atoms with Gasteiger partial charge in [0.2, 0.25) is 5.91 Å². The number of rotatable bonds is 4. The summed E-state index contributed by atoms with van der Waals surface area (Å²) < 4.78 is 1.85. The van der Waals surface area contributed by atoms with Crippen molar-refractivity contribution in [2.24, 2.45) is 5.92 Å². The monoisotopic (exact) mass is 340 g/mol. The molecule has 3 N–H and O–H groups in total. The van der Waals surface area contributed by atoms with E-state index in [1.807, 2.05) is 59.4 Å². The van der Waals surface area contributed by atoms with Crippen molar-refractivity contribution in [3.8, 4) is 5.69 Å². The zero-order chi connectivity index (χ0) is 17.2. The van der Waals surface area contributed by atoms with Gasteiger partial charge in [-0.25, -0.2) is 15.5 Å². The van der Waals surface area contributed by atoms with Gasteiger partial charge in [0, 0.05) is 43.4 Å². The van der Waals surface area contributed by atoms with E-state index in [0.717, 1.165) is 30.5 Å². The van der Waals surface area contributed by atoms with Gasteiger partial charge in [-0.3, -0.25) is 4.79 Å². The van der Waals surface area contributed by atoms with Gasteiger partial charge in [0.15, 0.2) is 0 Å². The Hall–Kier alpha value is -2.22. The fourth-order valence-corrected chi connectivity index (χ4v) is 3.78. The molecule has 0 spiro atoms. The van der Waals surface area contributed by atoms with Crippen molar-refractivity contribution < 1.29 is 4.79 Å². The fourth-order valence-electron chi connectivity index (χ4n) is 3.78. The molecular formula is C18H24N6O. The maximum absolute atomic E-state index is 12.8. The van der Waals surface area contributed by atoms with E-state index < -0.39 is 0 Å². The highest BCUT2D eigenvalue weighted by atomic mass is 16.2. The van der Waals surface area contributed by atoms with E-state index in [4.69, 9.17) is 0 Å². The lowest BCUT2D eigenvalue weighted by molar-refractivity contribution is -0.136. The molecule has 2 heterocycles. The number of carbonyl (C=O) groups is 1. The summed E-state index contributed by atoms with van der Waals surface area (Å²) in [6, 6.07) is 10.8. The molecule has 0 radical (unpaired) electrons. The number of amides is 1. The zero-order valence-corrected chi connectivity index (χ0v) is 14.4. The number of carbonyl (C=O) groups excluding carboxylic acids is 1.